The van der Waals surface area contributed by atoms with Crippen LogP contribution in [0.3, 0.4) is 0 Å². The Morgan fingerprint density at radius 1 is 1.04 bits per heavy atom. The first-order valence-electron chi connectivity index (χ1n) is 10.1. The third-order valence-corrected chi connectivity index (χ3v) is 8.48. The smallest absolute Gasteiger partial charge is 0.271 e. The highest BCUT2D eigenvalue weighted by Crippen LogP contribution is 2.32. The molecule has 2 aliphatic heterocycles. The van der Waals surface area contributed by atoms with Gasteiger partial charge in [0.15, 0.2) is 0 Å². The minimum Gasteiger partial charge on any atom is -0.342 e. The van der Waals surface area contributed by atoms with Crippen molar-refractivity contribution in [1.82, 2.24) is 13.8 Å². The van der Waals surface area contributed by atoms with Crippen LogP contribution in [0.15, 0.2) is 4.90 Å². The predicted molar refractivity (Wildman–Crippen MR) is 106 cm³/mol. The highest BCUT2D eigenvalue weighted by molar-refractivity contribution is 7.89. The quantitative estimate of drug-likeness (QED) is 0.790. The van der Waals surface area contributed by atoms with Crippen molar-refractivity contribution in [3.63, 3.8) is 0 Å². The number of carbonyl (C=O) groups excluding carboxylic acids is 1. The van der Waals surface area contributed by atoms with Gasteiger partial charge in [-0.25, -0.2) is 8.42 Å². The average Bonchev–Trinajstić information content (AvgIpc) is 2.84. The Hall–Kier alpha value is -1.34. The number of rotatable bonds is 3. The molecule has 2 fully saturated rings. The Morgan fingerprint density at radius 3 is 2.37 bits per heavy atom. The van der Waals surface area contributed by atoms with E-state index in [1.165, 1.54) is 0 Å². The Bertz CT molecular complexity index is 828. The van der Waals surface area contributed by atoms with Crippen LogP contribution in [0.2, 0.25) is 0 Å². The van der Waals surface area contributed by atoms with Gasteiger partial charge >= 0.3 is 0 Å². The lowest BCUT2D eigenvalue weighted by molar-refractivity contribution is 0.0624. The molecule has 0 bridgehead atoms. The average molecular weight is 396 g/mol. The van der Waals surface area contributed by atoms with Gasteiger partial charge in [-0.3, -0.25) is 4.79 Å². The second kappa shape index (κ2) is 7.59. The minimum atomic E-state index is -3.59. The summed E-state index contributed by atoms with van der Waals surface area (Å²) in [6.07, 6.45) is 5.11. The molecular formula is C20H33N3O3S. The summed E-state index contributed by atoms with van der Waals surface area (Å²) in [6, 6.07) is 0.198. The van der Waals surface area contributed by atoms with E-state index in [1.807, 2.05) is 18.9 Å². The number of hydrogen-bond donors (Lipinski definition) is 0. The topological polar surface area (TPSA) is 62.6 Å². The summed E-state index contributed by atoms with van der Waals surface area (Å²) in [4.78, 5) is 15.5. The molecule has 1 aromatic heterocycles. The number of nitrogens with zero attached hydrogens (tertiary/aromatic N) is 3. The van der Waals surface area contributed by atoms with E-state index in [0.717, 1.165) is 38.6 Å². The molecule has 2 atom stereocenters. The van der Waals surface area contributed by atoms with Crippen LogP contribution in [0.25, 0.3) is 0 Å². The first-order chi connectivity index (χ1) is 12.7. The van der Waals surface area contributed by atoms with E-state index in [0.29, 0.717) is 40.9 Å². The highest BCUT2D eigenvalue weighted by Gasteiger charge is 2.36. The van der Waals surface area contributed by atoms with Crippen molar-refractivity contribution in [2.24, 2.45) is 13.0 Å². The maximum absolute atomic E-state index is 13.4. The Labute approximate surface area is 163 Å². The lowest BCUT2D eigenvalue weighted by atomic mass is 10.0. The van der Waals surface area contributed by atoms with Crippen LogP contribution in [0.1, 0.15) is 67.7 Å². The molecule has 2 saturated heterocycles. The fourth-order valence-electron chi connectivity index (χ4n) is 4.66. The van der Waals surface area contributed by atoms with Gasteiger partial charge in [-0.2, -0.15) is 4.31 Å². The molecule has 0 N–H and O–H groups in total. The molecule has 0 radical (unpaired) electrons. The Morgan fingerprint density at radius 2 is 1.74 bits per heavy atom. The van der Waals surface area contributed by atoms with Gasteiger partial charge in [0.1, 0.15) is 10.6 Å². The second-order valence-electron chi connectivity index (χ2n) is 8.40. The van der Waals surface area contributed by atoms with Crippen LogP contribution in [-0.4, -0.2) is 53.8 Å². The van der Waals surface area contributed by atoms with Crippen LogP contribution in [0.4, 0.5) is 0 Å². The number of sulfonamides is 1. The second-order valence-corrected chi connectivity index (χ2v) is 10.3. The normalized spacial score (nSPS) is 25.0. The van der Waals surface area contributed by atoms with Gasteiger partial charge in [-0.1, -0.05) is 6.92 Å². The molecule has 7 heteroatoms. The summed E-state index contributed by atoms with van der Waals surface area (Å²) in [5.41, 5.74) is 1.76. The number of hydrogen-bond acceptors (Lipinski definition) is 3. The molecule has 3 heterocycles. The molecule has 1 aromatic rings. The van der Waals surface area contributed by atoms with E-state index in [2.05, 4.69) is 13.8 Å². The van der Waals surface area contributed by atoms with Crippen molar-refractivity contribution >= 4 is 15.9 Å². The molecular weight excluding hydrogens is 362 g/mol. The summed E-state index contributed by atoms with van der Waals surface area (Å²) in [5.74, 6) is 0.326. The van der Waals surface area contributed by atoms with Crippen molar-refractivity contribution in [2.45, 2.75) is 70.7 Å². The monoisotopic (exact) mass is 395 g/mol. The lowest BCUT2D eigenvalue weighted by Gasteiger charge is -2.33. The van der Waals surface area contributed by atoms with Crippen LogP contribution in [0.5, 0.6) is 0 Å². The van der Waals surface area contributed by atoms with Gasteiger partial charge in [-0.15, -0.1) is 0 Å². The summed E-state index contributed by atoms with van der Waals surface area (Å²) >= 11 is 0. The third kappa shape index (κ3) is 3.56. The fraction of sp³-hybridized carbons (Fsp3) is 0.750. The van der Waals surface area contributed by atoms with E-state index in [9.17, 15) is 13.2 Å². The summed E-state index contributed by atoms with van der Waals surface area (Å²) in [6.45, 7) is 9.64. The van der Waals surface area contributed by atoms with Crippen LogP contribution in [0, 0.1) is 19.8 Å². The molecule has 2 aliphatic rings. The molecule has 0 unspecified atom stereocenters. The Kier molecular flexibility index (Phi) is 5.73. The largest absolute Gasteiger partial charge is 0.342 e. The molecule has 0 spiro atoms. The van der Waals surface area contributed by atoms with Crippen molar-refractivity contribution in [3.8, 4) is 0 Å². The van der Waals surface area contributed by atoms with Gasteiger partial charge in [0.05, 0.1) is 0 Å². The molecule has 0 aromatic carbocycles. The number of aromatic nitrogens is 1. The molecule has 152 valence electrons. The minimum absolute atomic E-state index is 0.0428. The van der Waals surface area contributed by atoms with Crippen LogP contribution < -0.4 is 0 Å². The fourth-order valence-corrected chi connectivity index (χ4v) is 6.74. The van der Waals surface area contributed by atoms with Gasteiger partial charge in [0.25, 0.3) is 5.91 Å². The van der Waals surface area contributed by atoms with Gasteiger partial charge in [-0.05, 0) is 58.8 Å². The summed E-state index contributed by atoms with van der Waals surface area (Å²) in [7, 11) is -1.79. The molecule has 0 saturated carbocycles. The third-order valence-electron chi connectivity index (χ3n) is 6.35. The van der Waals surface area contributed by atoms with E-state index < -0.39 is 10.0 Å². The van der Waals surface area contributed by atoms with Crippen LogP contribution in [-0.2, 0) is 17.1 Å². The summed E-state index contributed by atoms with van der Waals surface area (Å²) < 4.78 is 30.2. The summed E-state index contributed by atoms with van der Waals surface area (Å²) in [5, 5.41) is 0. The molecule has 3 rings (SSSR count). The first kappa shape index (κ1) is 20.4. The number of amides is 1. The SMILES string of the molecule is Cc1c(S(=O)(=O)N2CCC[C@H](C)C2)c(C)n(C)c1C(=O)N1CCCC[C@@H]1C. The van der Waals surface area contributed by atoms with E-state index >= 15 is 0 Å². The van der Waals surface area contributed by atoms with Crippen molar-refractivity contribution in [1.29, 1.82) is 0 Å². The van der Waals surface area contributed by atoms with Crippen molar-refractivity contribution in [3.05, 3.63) is 17.0 Å². The van der Waals surface area contributed by atoms with E-state index in [-0.39, 0.29) is 11.9 Å². The molecule has 27 heavy (non-hydrogen) atoms. The Balaban J connectivity index is 2.01. The standard InChI is InChI=1S/C20H33N3O3S/c1-14-9-8-11-22(13-14)27(25,26)19-16(3)18(21(5)17(19)4)20(24)23-12-7-6-10-15(23)2/h14-15H,6-13H2,1-5H3/t14-,15-/m0/s1. The zero-order valence-corrected chi connectivity index (χ0v) is 18.1. The molecule has 0 aliphatic carbocycles. The number of carbonyl (C=O) groups is 1. The number of likely N-dealkylation sites (tertiary alicyclic amines) is 1. The van der Waals surface area contributed by atoms with Crippen LogP contribution >= 0.6 is 0 Å². The lowest BCUT2D eigenvalue weighted by Crippen LogP contribution is -2.43. The highest BCUT2D eigenvalue weighted by atomic mass is 32.2. The zero-order chi connectivity index (χ0) is 19.9. The zero-order valence-electron chi connectivity index (χ0n) is 17.3. The van der Waals surface area contributed by atoms with Gasteiger partial charge in [0, 0.05) is 44.0 Å². The van der Waals surface area contributed by atoms with E-state index in [1.54, 1.807) is 15.8 Å². The predicted octanol–water partition coefficient (Wildman–Crippen LogP) is 3.08. The van der Waals surface area contributed by atoms with Gasteiger partial charge in [0.2, 0.25) is 10.0 Å². The maximum Gasteiger partial charge on any atom is 0.271 e. The molecule has 6 nitrogen and oxygen atoms in total. The van der Waals surface area contributed by atoms with Crippen molar-refractivity contribution < 1.29 is 13.2 Å². The van der Waals surface area contributed by atoms with Gasteiger partial charge < -0.3 is 9.47 Å². The first-order valence-corrected chi connectivity index (χ1v) is 11.6. The molecule has 1 amide bonds. The van der Waals surface area contributed by atoms with Crippen molar-refractivity contribution in [2.75, 3.05) is 19.6 Å². The number of piperidine rings is 2. The maximum atomic E-state index is 13.4. The van der Waals surface area contributed by atoms with E-state index in [4.69, 9.17) is 0 Å².